The summed E-state index contributed by atoms with van der Waals surface area (Å²) in [6, 6.07) is 5.37. The van der Waals surface area contributed by atoms with E-state index < -0.39 is 0 Å². The van der Waals surface area contributed by atoms with Crippen molar-refractivity contribution in [3.63, 3.8) is 0 Å². The average molecular weight is 342 g/mol. The van der Waals surface area contributed by atoms with E-state index in [0.29, 0.717) is 5.75 Å². The lowest BCUT2D eigenvalue weighted by Gasteiger charge is -2.29. The van der Waals surface area contributed by atoms with Crippen molar-refractivity contribution in [1.82, 2.24) is 0 Å². The number of fused-ring (bicyclic) bond motifs is 1. The number of hydrogen-bond donors (Lipinski definition) is 1. The zero-order chi connectivity index (χ0) is 18.1. The summed E-state index contributed by atoms with van der Waals surface area (Å²) in [5.41, 5.74) is 3.35. The van der Waals surface area contributed by atoms with Crippen molar-refractivity contribution < 1.29 is 5.11 Å². The van der Waals surface area contributed by atoms with E-state index in [2.05, 4.69) is 37.8 Å². The highest BCUT2D eigenvalue weighted by Gasteiger charge is 2.21. The molecule has 0 saturated carbocycles. The van der Waals surface area contributed by atoms with Crippen LogP contribution in [0.4, 0.5) is 5.69 Å². The van der Waals surface area contributed by atoms with Gasteiger partial charge in [-0.2, -0.15) is 0 Å². The summed E-state index contributed by atoms with van der Waals surface area (Å²) in [5, 5.41) is 9.69. The first-order valence-corrected chi connectivity index (χ1v) is 9.06. The monoisotopic (exact) mass is 341 g/mol. The second-order valence-electron chi connectivity index (χ2n) is 5.54. The van der Waals surface area contributed by atoms with Crippen molar-refractivity contribution in [2.75, 3.05) is 17.7 Å². The van der Waals surface area contributed by atoms with Crippen LogP contribution in [0.1, 0.15) is 25.8 Å². The van der Waals surface area contributed by atoms with Crippen molar-refractivity contribution in [3.8, 4) is 18.1 Å². The summed E-state index contributed by atoms with van der Waals surface area (Å²) in [6.07, 6.45) is 11.5. The Morgan fingerprint density at radius 2 is 2.12 bits per heavy atom. The summed E-state index contributed by atoms with van der Waals surface area (Å²) < 4.78 is 0. The fourth-order valence-corrected chi connectivity index (χ4v) is 3.52. The molecule has 0 aromatic heterocycles. The Morgan fingerprint density at radius 3 is 2.67 bits per heavy atom. The van der Waals surface area contributed by atoms with E-state index in [0.717, 1.165) is 40.3 Å². The number of thioether (sulfide) groups is 1. The minimum atomic E-state index is -0.100. The zero-order valence-electron chi connectivity index (χ0n) is 14.9. The van der Waals surface area contributed by atoms with Crippen molar-refractivity contribution >= 4 is 17.4 Å². The Hall–Kier alpha value is -2.05. The number of anilines is 1. The first-order valence-electron chi connectivity index (χ1n) is 8.07. The lowest BCUT2D eigenvalue weighted by atomic mass is 10.0. The molecule has 2 rings (SSSR count). The topological polar surface area (TPSA) is 23.5 Å². The Kier molecular flexibility index (Phi) is 8.29. The van der Waals surface area contributed by atoms with Gasteiger partial charge in [-0.25, -0.2) is 0 Å². The largest absolute Gasteiger partial charge is 0.508 e. The van der Waals surface area contributed by atoms with Crippen LogP contribution in [-0.2, 0) is 6.42 Å². The number of terminal acetylenes is 1. The Morgan fingerprint density at radius 1 is 1.46 bits per heavy atom. The molecule has 0 amide bonds. The van der Waals surface area contributed by atoms with Gasteiger partial charge in [0, 0.05) is 23.4 Å². The van der Waals surface area contributed by atoms with E-state index in [-0.39, 0.29) is 6.04 Å². The van der Waals surface area contributed by atoms with E-state index >= 15 is 0 Å². The molecule has 1 aliphatic heterocycles. The van der Waals surface area contributed by atoms with Gasteiger partial charge in [0.25, 0.3) is 0 Å². The highest BCUT2D eigenvalue weighted by atomic mass is 32.2. The first-order chi connectivity index (χ1) is 11.5. The molecule has 0 bridgehead atoms. The standard InChI is InChI=1S/C17H19NOS.C4H8/c1-5-15-12(3)17(6-2)20-10-9-13-11-14(19)7-8-16(13)18(15)4;1-3-4-2/h1,6-8,11,15,19H,2,9-10H2,3-4H3;3H,1,4H2,2H3/b17-12-;. The van der Waals surface area contributed by atoms with Gasteiger partial charge < -0.3 is 10.0 Å². The molecule has 0 spiro atoms. The van der Waals surface area contributed by atoms with Gasteiger partial charge in [0.05, 0.1) is 0 Å². The maximum atomic E-state index is 9.69. The maximum absolute atomic E-state index is 9.69. The second-order valence-corrected chi connectivity index (χ2v) is 6.68. The van der Waals surface area contributed by atoms with Gasteiger partial charge in [0.15, 0.2) is 0 Å². The first kappa shape index (κ1) is 20.0. The SMILES string of the molecule is C#CC1/C(C)=C(/C=C)SCCc2cc(O)ccc2N1C.C=CCC. The predicted molar refractivity (Wildman–Crippen MR) is 109 cm³/mol. The number of benzene rings is 1. The quantitative estimate of drug-likeness (QED) is 0.593. The van der Waals surface area contributed by atoms with Gasteiger partial charge in [0.2, 0.25) is 0 Å². The predicted octanol–water partition coefficient (Wildman–Crippen LogP) is 5.16. The number of aryl methyl sites for hydroxylation is 1. The third-order valence-electron chi connectivity index (χ3n) is 3.89. The van der Waals surface area contributed by atoms with Crippen LogP contribution >= 0.6 is 11.8 Å². The minimum absolute atomic E-state index is 0.100. The Labute approximate surface area is 151 Å². The minimum Gasteiger partial charge on any atom is -0.508 e. The second kappa shape index (κ2) is 9.95. The summed E-state index contributed by atoms with van der Waals surface area (Å²) in [6.45, 7) is 11.5. The lowest BCUT2D eigenvalue weighted by molar-refractivity contribution is 0.474. The molecular weight excluding hydrogens is 314 g/mol. The molecule has 24 heavy (non-hydrogen) atoms. The van der Waals surface area contributed by atoms with E-state index in [1.807, 2.05) is 31.3 Å². The smallest absolute Gasteiger partial charge is 0.116 e. The van der Waals surface area contributed by atoms with E-state index in [1.54, 1.807) is 17.8 Å². The summed E-state index contributed by atoms with van der Waals surface area (Å²) >= 11 is 1.77. The van der Waals surface area contributed by atoms with Crippen molar-refractivity contribution in [3.05, 3.63) is 59.6 Å². The van der Waals surface area contributed by atoms with Crippen LogP contribution in [0.25, 0.3) is 0 Å². The Balaban J connectivity index is 0.000000648. The highest BCUT2D eigenvalue weighted by Crippen LogP contribution is 2.33. The summed E-state index contributed by atoms with van der Waals surface area (Å²) in [5.74, 6) is 4.11. The lowest BCUT2D eigenvalue weighted by Crippen LogP contribution is -2.32. The number of hydrogen-bond acceptors (Lipinski definition) is 3. The maximum Gasteiger partial charge on any atom is 0.116 e. The molecule has 128 valence electrons. The number of phenolic OH excluding ortho intramolecular Hbond substituents is 1. The van der Waals surface area contributed by atoms with E-state index in [9.17, 15) is 5.11 Å². The molecule has 1 aromatic rings. The van der Waals surface area contributed by atoms with E-state index in [1.165, 1.54) is 0 Å². The molecule has 2 nitrogen and oxygen atoms in total. The van der Waals surface area contributed by atoms with Gasteiger partial charge in [-0.3, -0.25) is 0 Å². The molecular formula is C21H27NOS. The average Bonchev–Trinajstić information content (AvgIpc) is 2.63. The molecule has 0 saturated heterocycles. The fourth-order valence-electron chi connectivity index (χ4n) is 2.52. The molecule has 0 fully saturated rings. The third-order valence-corrected chi connectivity index (χ3v) is 5.10. The molecule has 1 atom stereocenters. The van der Waals surface area contributed by atoms with Crippen molar-refractivity contribution in [1.29, 1.82) is 0 Å². The molecule has 1 heterocycles. The van der Waals surface area contributed by atoms with Crippen LogP contribution in [-0.4, -0.2) is 23.9 Å². The zero-order valence-corrected chi connectivity index (χ0v) is 15.7. The highest BCUT2D eigenvalue weighted by molar-refractivity contribution is 8.03. The number of aromatic hydroxyl groups is 1. The van der Waals surface area contributed by atoms with Crippen LogP contribution in [0.2, 0.25) is 0 Å². The molecule has 0 radical (unpaired) electrons. The normalized spacial score (nSPS) is 20.2. The van der Waals surface area contributed by atoms with Gasteiger partial charge >= 0.3 is 0 Å². The summed E-state index contributed by atoms with van der Waals surface area (Å²) in [7, 11) is 2.00. The van der Waals surface area contributed by atoms with Crippen LogP contribution < -0.4 is 4.90 Å². The number of allylic oxidation sites excluding steroid dienone is 2. The van der Waals surface area contributed by atoms with Crippen LogP contribution in [0.5, 0.6) is 5.75 Å². The third kappa shape index (κ3) is 4.97. The van der Waals surface area contributed by atoms with Gasteiger partial charge in [-0.15, -0.1) is 24.8 Å². The molecule has 1 aliphatic rings. The number of nitrogens with zero attached hydrogens (tertiary/aromatic N) is 1. The molecule has 1 N–H and O–H groups in total. The van der Waals surface area contributed by atoms with Gasteiger partial charge in [-0.1, -0.05) is 31.6 Å². The van der Waals surface area contributed by atoms with Crippen LogP contribution in [0, 0.1) is 12.3 Å². The fraction of sp³-hybridized carbons (Fsp3) is 0.333. The van der Waals surface area contributed by atoms with Gasteiger partial charge in [-0.05, 0) is 49.1 Å². The van der Waals surface area contributed by atoms with Crippen LogP contribution in [0.15, 0.2) is 54.0 Å². The summed E-state index contributed by atoms with van der Waals surface area (Å²) in [4.78, 5) is 3.25. The Bertz CT molecular complexity index is 654. The van der Waals surface area contributed by atoms with Gasteiger partial charge in [0.1, 0.15) is 11.8 Å². The van der Waals surface area contributed by atoms with Crippen molar-refractivity contribution in [2.45, 2.75) is 32.7 Å². The molecule has 0 aliphatic carbocycles. The van der Waals surface area contributed by atoms with E-state index in [4.69, 9.17) is 6.42 Å². The number of likely N-dealkylation sites (N-methyl/N-ethyl adjacent to an activating group) is 1. The number of rotatable bonds is 2. The van der Waals surface area contributed by atoms with Crippen molar-refractivity contribution in [2.24, 2.45) is 0 Å². The molecule has 3 heteroatoms. The molecule has 1 unspecified atom stereocenters. The number of phenols is 1. The molecule has 1 aromatic carbocycles. The van der Waals surface area contributed by atoms with Crippen LogP contribution in [0.3, 0.4) is 0 Å².